The average Bonchev–Trinajstić information content (AvgIpc) is 2.43. The molecule has 2 aromatic carbocycles. The van der Waals surface area contributed by atoms with Crippen molar-refractivity contribution in [2.24, 2.45) is 0 Å². The summed E-state index contributed by atoms with van der Waals surface area (Å²) in [6, 6.07) is 8.96. The minimum Gasteiger partial charge on any atom is -0.387 e. The molecule has 0 heterocycles. The number of anilines is 2. The largest absolute Gasteiger partial charge is 0.387 e. The van der Waals surface area contributed by atoms with Gasteiger partial charge in [0.15, 0.2) is 0 Å². The summed E-state index contributed by atoms with van der Waals surface area (Å²) in [7, 11) is 1.70. The molecular formula is C14H11Cl2FN2O. The van der Waals surface area contributed by atoms with Crippen LogP contribution in [0.3, 0.4) is 0 Å². The highest BCUT2D eigenvalue weighted by Crippen LogP contribution is 2.23. The molecule has 2 N–H and O–H groups in total. The molecule has 1 amide bonds. The first-order valence-electron chi connectivity index (χ1n) is 5.75. The molecule has 104 valence electrons. The predicted octanol–water partition coefficient (Wildman–Crippen LogP) is 4.43. The first-order chi connectivity index (χ1) is 9.51. The molecule has 0 fully saturated rings. The van der Waals surface area contributed by atoms with Crippen LogP contribution >= 0.6 is 23.2 Å². The number of halogens is 3. The van der Waals surface area contributed by atoms with Crippen molar-refractivity contribution in [1.29, 1.82) is 0 Å². The van der Waals surface area contributed by atoms with Crippen molar-refractivity contribution < 1.29 is 9.18 Å². The van der Waals surface area contributed by atoms with E-state index in [9.17, 15) is 9.18 Å². The molecule has 2 aromatic rings. The van der Waals surface area contributed by atoms with Gasteiger partial charge in [0.2, 0.25) is 0 Å². The first kappa shape index (κ1) is 14.6. The van der Waals surface area contributed by atoms with Crippen LogP contribution in [-0.4, -0.2) is 13.0 Å². The van der Waals surface area contributed by atoms with E-state index in [1.54, 1.807) is 19.2 Å². The van der Waals surface area contributed by atoms with Crippen LogP contribution in [-0.2, 0) is 0 Å². The molecule has 3 nitrogen and oxygen atoms in total. The molecule has 20 heavy (non-hydrogen) atoms. The molecule has 0 aliphatic rings. The minimum atomic E-state index is -0.593. The third-order valence-corrected chi connectivity index (χ3v) is 3.21. The molecule has 0 aromatic heterocycles. The summed E-state index contributed by atoms with van der Waals surface area (Å²) in [5.41, 5.74) is 1.32. The average molecular weight is 313 g/mol. The van der Waals surface area contributed by atoms with E-state index in [4.69, 9.17) is 23.2 Å². The van der Waals surface area contributed by atoms with Gasteiger partial charge in [-0.05, 0) is 36.4 Å². The molecule has 0 spiro atoms. The Morgan fingerprint density at radius 1 is 1.15 bits per heavy atom. The van der Waals surface area contributed by atoms with Crippen molar-refractivity contribution in [3.05, 3.63) is 57.8 Å². The van der Waals surface area contributed by atoms with Crippen LogP contribution in [0.1, 0.15) is 10.4 Å². The highest BCUT2D eigenvalue weighted by atomic mass is 35.5. The maximum Gasteiger partial charge on any atom is 0.257 e. The summed E-state index contributed by atoms with van der Waals surface area (Å²) in [5, 5.41) is 5.93. The molecule has 0 aliphatic heterocycles. The van der Waals surface area contributed by atoms with Crippen molar-refractivity contribution in [1.82, 2.24) is 0 Å². The van der Waals surface area contributed by atoms with E-state index >= 15 is 0 Å². The van der Waals surface area contributed by atoms with Gasteiger partial charge < -0.3 is 10.6 Å². The van der Waals surface area contributed by atoms with Crippen LogP contribution in [0.5, 0.6) is 0 Å². The molecule has 0 bridgehead atoms. The number of amides is 1. The van der Waals surface area contributed by atoms with E-state index in [2.05, 4.69) is 10.6 Å². The third kappa shape index (κ3) is 3.21. The second-order valence-electron chi connectivity index (χ2n) is 4.02. The SMILES string of the molecule is CNc1ccc(Cl)cc1C(=O)Nc1ccc(Cl)c(F)c1. The maximum absolute atomic E-state index is 13.3. The van der Waals surface area contributed by atoms with Gasteiger partial charge in [-0.15, -0.1) is 0 Å². The molecular weight excluding hydrogens is 302 g/mol. The summed E-state index contributed by atoms with van der Waals surface area (Å²) < 4.78 is 13.3. The summed E-state index contributed by atoms with van der Waals surface area (Å²) in [4.78, 5) is 12.2. The minimum absolute atomic E-state index is 0.00154. The molecule has 0 radical (unpaired) electrons. The topological polar surface area (TPSA) is 41.1 Å². The predicted molar refractivity (Wildman–Crippen MR) is 80.4 cm³/mol. The van der Waals surface area contributed by atoms with Gasteiger partial charge >= 0.3 is 0 Å². The molecule has 0 aliphatic carbocycles. The van der Waals surface area contributed by atoms with Crippen LogP contribution in [0.4, 0.5) is 15.8 Å². The van der Waals surface area contributed by atoms with Crippen molar-refractivity contribution in [2.75, 3.05) is 17.7 Å². The summed E-state index contributed by atoms with van der Waals surface area (Å²) in [6.07, 6.45) is 0. The highest BCUT2D eigenvalue weighted by molar-refractivity contribution is 6.31. The highest BCUT2D eigenvalue weighted by Gasteiger charge is 2.12. The lowest BCUT2D eigenvalue weighted by molar-refractivity contribution is 0.102. The number of carbonyl (C=O) groups excluding carboxylic acids is 1. The summed E-state index contributed by atoms with van der Waals surface area (Å²) >= 11 is 11.5. The zero-order valence-electron chi connectivity index (χ0n) is 10.5. The van der Waals surface area contributed by atoms with Crippen LogP contribution in [0, 0.1) is 5.82 Å². The zero-order valence-corrected chi connectivity index (χ0v) is 12.0. The lowest BCUT2D eigenvalue weighted by atomic mass is 10.1. The monoisotopic (exact) mass is 312 g/mol. The van der Waals surface area contributed by atoms with Gasteiger partial charge in [0.1, 0.15) is 5.82 Å². The Bertz CT molecular complexity index is 662. The van der Waals surface area contributed by atoms with Gasteiger partial charge in [0.25, 0.3) is 5.91 Å². The van der Waals surface area contributed by atoms with Crippen molar-refractivity contribution in [2.45, 2.75) is 0 Å². The molecule has 0 saturated heterocycles. The second kappa shape index (κ2) is 6.11. The smallest absolute Gasteiger partial charge is 0.257 e. The fourth-order valence-corrected chi connectivity index (χ4v) is 1.98. The van der Waals surface area contributed by atoms with Crippen LogP contribution in [0.15, 0.2) is 36.4 Å². The van der Waals surface area contributed by atoms with Crippen molar-refractivity contribution >= 4 is 40.5 Å². The normalized spacial score (nSPS) is 10.2. The van der Waals surface area contributed by atoms with E-state index < -0.39 is 11.7 Å². The van der Waals surface area contributed by atoms with Crippen molar-refractivity contribution in [3.63, 3.8) is 0 Å². The second-order valence-corrected chi connectivity index (χ2v) is 4.87. The molecule has 2 rings (SSSR count). The van der Waals surface area contributed by atoms with Crippen LogP contribution in [0.2, 0.25) is 10.0 Å². The van der Waals surface area contributed by atoms with Crippen molar-refractivity contribution in [3.8, 4) is 0 Å². The number of carbonyl (C=O) groups is 1. The molecule has 6 heteroatoms. The van der Waals surface area contributed by atoms with E-state index in [0.29, 0.717) is 22.0 Å². The van der Waals surface area contributed by atoms with E-state index in [-0.39, 0.29) is 5.02 Å². The Hall–Kier alpha value is -1.78. The van der Waals surface area contributed by atoms with Gasteiger partial charge in [0.05, 0.1) is 10.6 Å². The Morgan fingerprint density at radius 2 is 1.90 bits per heavy atom. The van der Waals surface area contributed by atoms with E-state index in [1.807, 2.05) is 0 Å². The Balaban J connectivity index is 2.27. The quantitative estimate of drug-likeness (QED) is 0.880. The Morgan fingerprint density at radius 3 is 2.55 bits per heavy atom. The number of hydrogen-bond acceptors (Lipinski definition) is 2. The fraction of sp³-hybridized carbons (Fsp3) is 0.0714. The molecule has 0 atom stereocenters. The summed E-state index contributed by atoms with van der Waals surface area (Å²) in [6.45, 7) is 0. The molecule has 0 unspecified atom stereocenters. The maximum atomic E-state index is 13.3. The van der Waals surface area contributed by atoms with Crippen LogP contribution in [0.25, 0.3) is 0 Å². The Labute approximate surface area is 125 Å². The standard InChI is InChI=1S/C14H11Cl2FN2O/c1-18-13-5-2-8(15)6-10(13)14(20)19-9-3-4-11(16)12(17)7-9/h2-7,18H,1H3,(H,19,20). The zero-order chi connectivity index (χ0) is 14.7. The molecule has 0 saturated carbocycles. The fourth-order valence-electron chi connectivity index (χ4n) is 1.69. The third-order valence-electron chi connectivity index (χ3n) is 2.67. The lowest BCUT2D eigenvalue weighted by Crippen LogP contribution is -2.14. The Kier molecular flexibility index (Phi) is 4.47. The van der Waals surface area contributed by atoms with Gasteiger partial charge in [0, 0.05) is 23.4 Å². The van der Waals surface area contributed by atoms with Gasteiger partial charge in [-0.25, -0.2) is 4.39 Å². The van der Waals surface area contributed by atoms with Gasteiger partial charge in [-0.3, -0.25) is 4.79 Å². The van der Waals surface area contributed by atoms with E-state index in [1.165, 1.54) is 18.2 Å². The number of hydrogen-bond donors (Lipinski definition) is 2. The lowest BCUT2D eigenvalue weighted by Gasteiger charge is -2.10. The number of nitrogens with one attached hydrogen (secondary N) is 2. The van der Waals surface area contributed by atoms with Gasteiger partial charge in [-0.2, -0.15) is 0 Å². The van der Waals surface area contributed by atoms with E-state index in [0.717, 1.165) is 6.07 Å². The van der Waals surface area contributed by atoms with Crippen LogP contribution < -0.4 is 10.6 Å². The summed E-state index contributed by atoms with van der Waals surface area (Å²) in [5.74, 6) is -0.983. The van der Waals surface area contributed by atoms with Gasteiger partial charge in [-0.1, -0.05) is 23.2 Å². The first-order valence-corrected chi connectivity index (χ1v) is 6.50. The number of rotatable bonds is 3. The number of benzene rings is 2.